The lowest BCUT2D eigenvalue weighted by Crippen LogP contribution is -2.29. The molecule has 116 valence electrons. The lowest BCUT2D eigenvalue weighted by molar-refractivity contribution is -0.384. The molecule has 3 atom stereocenters. The third-order valence-corrected chi connectivity index (χ3v) is 5.12. The minimum absolute atomic E-state index is 0.100. The smallest absolute Gasteiger partial charge is 0.269 e. The first kappa shape index (κ1) is 14.3. The van der Waals surface area contributed by atoms with E-state index in [1.54, 1.807) is 12.1 Å². The molecule has 0 amide bonds. The highest BCUT2D eigenvalue weighted by molar-refractivity contribution is 6.33. The van der Waals surface area contributed by atoms with Gasteiger partial charge in [0.25, 0.3) is 5.69 Å². The van der Waals surface area contributed by atoms with Gasteiger partial charge in [0.2, 0.25) is 0 Å². The number of non-ortho nitro benzene ring substituents is 1. The largest absolute Gasteiger partial charge is 0.376 e. The molecule has 0 fully saturated rings. The van der Waals surface area contributed by atoms with Gasteiger partial charge in [-0.3, -0.25) is 10.1 Å². The summed E-state index contributed by atoms with van der Waals surface area (Å²) in [4.78, 5) is 10.5. The Hall–Kier alpha value is -2.33. The molecule has 0 saturated heterocycles. The normalized spacial score (nSPS) is 24.7. The number of nitrogens with one attached hydrogen (secondary N) is 1. The predicted octanol–water partition coefficient (Wildman–Crippen LogP) is 5.07. The Labute approximate surface area is 138 Å². The van der Waals surface area contributed by atoms with Crippen molar-refractivity contribution in [3.05, 3.63) is 80.9 Å². The number of allylic oxidation sites excluding steroid dienone is 2. The van der Waals surface area contributed by atoms with E-state index in [0.717, 1.165) is 17.7 Å². The SMILES string of the molecule is O=[N+]([O-])c1ccc([C@H]2Nc3c(Cl)cccc3[C@H]3C=CC[C@H]32)cc1. The monoisotopic (exact) mass is 326 g/mol. The number of nitrogens with zero attached hydrogens (tertiary/aromatic N) is 1. The summed E-state index contributed by atoms with van der Waals surface area (Å²) < 4.78 is 0. The molecule has 0 unspecified atom stereocenters. The molecule has 1 heterocycles. The number of benzene rings is 2. The fourth-order valence-corrected chi connectivity index (χ4v) is 3.95. The van der Waals surface area contributed by atoms with E-state index >= 15 is 0 Å². The fraction of sp³-hybridized carbons (Fsp3) is 0.222. The van der Waals surface area contributed by atoms with Crippen LogP contribution in [0, 0.1) is 16.0 Å². The highest BCUT2D eigenvalue weighted by Gasteiger charge is 2.38. The molecular weight excluding hydrogens is 312 g/mol. The van der Waals surface area contributed by atoms with Crippen molar-refractivity contribution in [2.45, 2.75) is 18.4 Å². The van der Waals surface area contributed by atoms with E-state index in [1.807, 2.05) is 24.3 Å². The van der Waals surface area contributed by atoms with Gasteiger partial charge in [-0.2, -0.15) is 0 Å². The first-order valence-electron chi connectivity index (χ1n) is 7.61. The standard InChI is InChI=1S/C18H15ClN2O2/c19-16-6-2-5-15-13-3-1-4-14(13)17(20-18(15)16)11-7-9-12(10-8-11)21(22)23/h1-3,5-10,13-14,17,20H,4H2/t13-,14+,17+/m0/s1. The van der Waals surface area contributed by atoms with Gasteiger partial charge in [0.05, 0.1) is 21.7 Å². The molecule has 4 rings (SSSR count). The van der Waals surface area contributed by atoms with Gasteiger partial charge in [0.15, 0.2) is 0 Å². The maximum atomic E-state index is 10.8. The molecule has 1 aliphatic heterocycles. The number of hydrogen-bond acceptors (Lipinski definition) is 3. The topological polar surface area (TPSA) is 55.2 Å². The summed E-state index contributed by atoms with van der Waals surface area (Å²) in [5.74, 6) is 0.743. The highest BCUT2D eigenvalue weighted by atomic mass is 35.5. The second kappa shape index (κ2) is 5.39. The summed E-state index contributed by atoms with van der Waals surface area (Å²) >= 11 is 6.38. The summed E-state index contributed by atoms with van der Waals surface area (Å²) in [7, 11) is 0. The highest BCUT2D eigenvalue weighted by Crippen LogP contribution is 2.51. The lowest BCUT2D eigenvalue weighted by Gasteiger charge is -2.37. The van der Waals surface area contributed by atoms with E-state index in [9.17, 15) is 10.1 Å². The van der Waals surface area contributed by atoms with Gasteiger partial charge < -0.3 is 5.32 Å². The van der Waals surface area contributed by atoms with E-state index in [1.165, 1.54) is 5.56 Å². The van der Waals surface area contributed by atoms with E-state index in [-0.39, 0.29) is 16.7 Å². The molecular formula is C18H15ClN2O2. The molecule has 0 spiro atoms. The Morgan fingerprint density at radius 2 is 1.96 bits per heavy atom. The number of nitro groups is 1. The Morgan fingerprint density at radius 1 is 1.17 bits per heavy atom. The number of rotatable bonds is 2. The molecule has 0 radical (unpaired) electrons. The van der Waals surface area contributed by atoms with Crippen LogP contribution in [0.1, 0.15) is 29.5 Å². The Bertz CT molecular complexity index is 801. The van der Waals surface area contributed by atoms with E-state index in [2.05, 4.69) is 23.5 Å². The van der Waals surface area contributed by atoms with Gasteiger partial charge in [-0.05, 0) is 29.5 Å². The molecule has 1 N–H and O–H groups in total. The lowest BCUT2D eigenvalue weighted by atomic mass is 9.77. The van der Waals surface area contributed by atoms with Crippen LogP contribution in [0.4, 0.5) is 11.4 Å². The van der Waals surface area contributed by atoms with Crippen molar-refractivity contribution in [2.24, 2.45) is 5.92 Å². The van der Waals surface area contributed by atoms with Crippen LogP contribution in [0.3, 0.4) is 0 Å². The van der Waals surface area contributed by atoms with Crippen LogP contribution < -0.4 is 5.32 Å². The molecule has 0 bridgehead atoms. The summed E-state index contributed by atoms with van der Waals surface area (Å²) in [6.07, 6.45) is 5.45. The van der Waals surface area contributed by atoms with Crippen molar-refractivity contribution in [1.29, 1.82) is 0 Å². The summed E-state index contributed by atoms with van der Waals surface area (Å²) in [6, 6.07) is 12.9. The van der Waals surface area contributed by atoms with Crippen LogP contribution in [-0.4, -0.2) is 4.92 Å². The Morgan fingerprint density at radius 3 is 2.70 bits per heavy atom. The molecule has 5 heteroatoms. The molecule has 0 aromatic heterocycles. The quantitative estimate of drug-likeness (QED) is 0.476. The van der Waals surface area contributed by atoms with E-state index in [4.69, 9.17) is 11.6 Å². The van der Waals surface area contributed by atoms with E-state index in [0.29, 0.717) is 16.9 Å². The summed E-state index contributed by atoms with van der Waals surface area (Å²) in [5.41, 5.74) is 3.38. The second-order valence-electron chi connectivity index (χ2n) is 6.03. The fourth-order valence-electron chi connectivity index (χ4n) is 3.72. The van der Waals surface area contributed by atoms with Crippen molar-refractivity contribution in [3.63, 3.8) is 0 Å². The zero-order valence-corrected chi connectivity index (χ0v) is 13.0. The number of fused-ring (bicyclic) bond motifs is 3. The molecule has 2 aromatic rings. The van der Waals surface area contributed by atoms with Crippen LogP contribution in [0.5, 0.6) is 0 Å². The van der Waals surface area contributed by atoms with Crippen LogP contribution in [0.25, 0.3) is 0 Å². The maximum Gasteiger partial charge on any atom is 0.269 e. The molecule has 2 aliphatic rings. The van der Waals surface area contributed by atoms with Crippen molar-refractivity contribution < 1.29 is 4.92 Å². The Balaban J connectivity index is 1.75. The zero-order chi connectivity index (χ0) is 16.0. The van der Waals surface area contributed by atoms with Crippen molar-refractivity contribution >= 4 is 23.0 Å². The molecule has 0 saturated carbocycles. The van der Waals surface area contributed by atoms with Crippen molar-refractivity contribution in [1.82, 2.24) is 0 Å². The van der Waals surface area contributed by atoms with Gasteiger partial charge in [0, 0.05) is 18.1 Å². The number of hydrogen-bond donors (Lipinski definition) is 1. The van der Waals surface area contributed by atoms with Gasteiger partial charge >= 0.3 is 0 Å². The maximum absolute atomic E-state index is 10.8. The van der Waals surface area contributed by atoms with Gasteiger partial charge in [-0.25, -0.2) is 0 Å². The Kier molecular flexibility index (Phi) is 3.34. The molecule has 1 aliphatic carbocycles. The van der Waals surface area contributed by atoms with Crippen LogP contribution in [0.2, 0.25) is 5.02 Å². The molecule has 23 heavy (non-hydrogen) atoms. The van der Waals surface area contributed by atoms with E-state index < -0.39 is 0 Å². The summed E-state index contributed by atoms with van der Waals surface area (Å²) in [6.45, 7) is 0. The third kappa shape index (κ3) is 2.30. The third-order valence-electron chi connectivity index (χ3n) is 4.81. The first-order valence-corrected chi connectivity index (χ1v) is 7.99. The predicted molar refractivity (Wildman–Crippen MR) is 90.9 cm³/mol. The number of anilines is 1. The van der Waals surface area contributed by atoms with Gasteiger partial charge in [0.1, 0.15) is 0 Å². The minimum atomic E-state index is -0.371. The zero-order valence-electron chi connectivity index (χ0n) is 12.3. The number of para-hydroxylation sites is 1. The number of halogens is 1. The van der Waals surface area contributed by atoms with Crippen LogP contribution in [-0.2, 0) is 0 Å². The molecule has 2 aromatic carbocycles. The van der Waals surface area contributed by atoms with Crippen LogP contribution in [0.15, 0.2) is 54.6 Å². The van der Waals surface area contributed by atoms with Gasteiger partial charge in [-0.1, -0.05) is 48.0 Å². The van der Waals surface area contributed by atoms with Gasteiger partial charge in [-0.15, -0.1) is 0 Å². The van der Waals surface area contributed by atoms with Crippen LogP contribution >= 0.6 is 11.6 Å². The minimum Gasteiger partial charge on any atom is -0.376 e. The number of nitro benzene ring substituents is 1. The van der Waals surface area contributed by atoms with Crippen molar-refractivity contribution in [3.8, 4) is 0 Å². The van der Waals surface area contributed by atoms with Crippen molar-refractivity contribution in [2.75, 3.05) is 5.32 Å². The summed E-state index contributed by atoms with van der Waals surface area (Å²) in [5, 5.41) is 15.1. The molecule has 4 nitrogen and oxygen atoms in total. The second-order valence-corrected chi connectivity index (χ2v) is 6.44. The average molecular weight is 327 g/mol. The average Bonchev–Trinajstić information content (AvgIpc) is 3.04. The first-order chi connectivity index (χ1) is 11.1.